The molecule has 0 bridgehead atoms. The minimum Gasteiger partial charge on any atom is -0.394 e. The molecular formula is C18H26N4O. The molecule has 2 heterocycles. The predicted molar refractivity (Wildman–Crippen MR) is 92.5 cm³/mol. The van der Waals surface area contributed by atoms with E-state index in [4.69, 9.17) is 5.11 Å². The second-order valence-electron chi connectivity index (χ2n) is 6.21. The fraction of sp³-hybridized carbons (Fsp3) is 0.500. The van der Waals surface area contributed by atoms with E-state index in [1.165, 1.54) is 18.4 Å². The highest BCUT2D eigenvalue weighted by molar-refractivity contribution is 5.39. The molecule has 2 N–H and O–H groups in total. The van der Waals surface area contributed by atoms with Crippen molar-refractivity contribution in [3.05, 3.63) is 48.3 Å². The van der Waals surface area contributed by atoms with E-state index in [9.17, 15) is 0 Å². The molecule has 0 saturated carbocycles. The third-order valence-electron chi connectivity index (χ3n) is 4.48. The normalized spacial score (nSPS) is 16.6. The van der Waals surface area contributed by atoms with Crippen molar-refractivity contribution in [1.29, 1.82) is 0 Å². The van der Waals surface area contributed by atoms with Gasteiger partial charge in [-0.25, -0.2) is 0 Å². The molecule has 0 spiro atoms. The number of aliphatic hydroxyl groups excluding tert-OH is 1. The molecule has 5 heteroatoms. The summed E-state index contributed by atoms with van der Waals surface area (Å²) < 4.78 is 1.78. The molecule has 0 amide bonds. The van der Waals surface area contributed by atoms with E-state index >= 15 is 0 Å². The second-order valence-corrected chi connectivity index (χ2v) is 6.21. The summed E-state index contributed by atoms with van der Waals surface area (Å²) in [5, 5.41) is 16.7. The summed E-state index contributed by atoms with van der Waals surface area (Å²) in [5.74, 6) is 0. The molecule has 3 rings (SSSR count). The van der Waals surface area contributed by atoms with Gasteiger partial charge in [-0.05, 0) is 24.8 Å². The van der Waals surface area contributed by atoms with Crippen molar-refractivity contribution in [2.45, 2.75) is 31.8 Å². The van der Waals surface area contributed by atoms with Crippen molar-refractivity contribution < 1.29 is 5.11 Å². The average Bonchev–Trinajstić information content (AvgIpc) is 3.03. The highest BCUT2D eigenvalue weighted by Gasteiger charge is 2.19. The number of piperidine rings is 1. The van der Waals surface area contributed by atoms with Crippen LogP contribution in [0.2, 0.25) is 0 Å². The SMILES string of the molecule is OCCn1cc(NC2CCN(CCc3ccccc3)CC2)cn1. The van der Waals surface area contributed by atoms with Gasteiger partial charge in [-0.2, -0.15) is 5.10 Å². The fourth-order valence-electron chi connectivity index (χ4n) is 3.13. The van der Waals surface area contributed by atoms with Crippen LogP contribution >= 0.6 is 0 Å². The van der Waals surface area contributed by atoms with Crippen LogP contribution in [-0.4, -0.2) is 52.1 Å². The van der Waals surface area contributed by atoms with Crippen molar-refractivity contribution in [3.8, 4) is 0 Å². The predicted octanol–water partition coefficient (Wildman–Crippen LogP) is 1.99. The third kappa shape index (κ3) is 4.81. The standard InChI is InChI=1S/C18H26N4O/c23-13-12-22-15-18(14-19-22)20-17-7-10-21(11-8-17)9-6-16-4-2-1-3-5-16/h1-5,14-15,17,20,23H,6-13H2. The van der Waals surface area contributed by atoms with Crippen molar-refractivity contribution in [2.24, 2.45) is 0 Å². The Morgan fingerprint density at radius 1 is 1.13 bits per heavy atom. The van der Waals surface area contributed by atoms with Crippen LogP contribution in [0.4, 0.5) is 5.69 Å². The van der Waals surface area contributed by atoms with Crippen LogP contribution < -0.4 is 5.32 Å². The lowest BCUT2D eigenvalue weighted by atomic mass is 10.0. The second kappa shape index (κ2) is 8.13. The van der Waals surface area contributed by atoms with Gasteiger partial charge in [0.2, 0.25) is 0 Å². The molecule has 1 aromatic heterocycles. The van der Waals surface area contributed by atoms with Gasteiger partial charge in [0.1, 0.15) is 0 Å². The van der Waals surface area contributed by atoms with Gasteiger partial charge in [0.15, 0.2) is 0 Å². The first-order chi connectivity index (χ1) is 11.3. The summed E-state index contributed by atoms with van der Waals surface area (Å²) in [6.45, 7) is 4.12. The summed E-state index contributed by atoms with van der Waals surface area (Å²) in [6.07, 6.45) is 7.28. The average molecular weight is 314 g/mol. The molecule has 1 aliphatic rings. The zero-order valence-corrected chi connectivity index (χ0v) is 13.6. The Morgan fingerprint density at radius 3 is 2.65 bits per heavy atom. The lowest BCUT2D eigenvalue weighted by Crippen LogP contribution is -2.39. The maximum absolute atomic E-state index is 8.93. The molecule has 124 valence electrons. The van der Waals surface area contributed by atoms with Crippen LogP contribution in [0.1, 0.15) is 18.4 Å². The largest absolute Gasteiger partial charge is 0.394 e. The molecule has 0 unspecified atom stereocenters. The van der Waals surface area contributed by atoms with Crippen molar-refractivity contribution in [1.82, 2.24) is 14.7 Å². The molecule has 0 atom stereocenters. The minimum atomic E-state index is 0.126. The summed E-state index contributed by atoms with van der Waals surface area (Å²) >= 11 is 0. The van der Waals surface area contributed by atoms with Gasteiger partial charge in [0.05, 0.1) is 25.0 Å². The van der Waals surface area contributed by atoms with Gasteiger partial charge in [-0.15, -0.1) is 0 Å². The molecule has 1 aromatic carbocycles. The Kier molecular flexibility index (Phi) is 5.66. The highest BCUT2D eigenvalue weighted by Crippen LogP contribution is 2.16. The molecule has 2 aromatic rings. The van der Waals surface area contributed by atoms with Gasteiger partial charge in [0, 0.05) is 31.9 Å². The van der Waals surface area contributed by atoms with Crippen LogP contribution in [0.3, 0.4) is 0 Å². The number of nitrogens with zero attached hydrogens (tertiary/aromatic N) is 3. The highest BCUT2D eigenvalue weighted by atomic mass is 16.3. The smallest absolute Gasteiger partial charge is 0.0728 e. The van der Waals surface area contributed by atoms with Gasteiger partial charge < -0.3 is 15.3 Å². The summed E-state index contributed by atoms with van der Waals surface area (Å²) in [5.41, 5.74) is 2.48. The molecule has 1 saturated heterocycles. The van der Waals surface area contributed by atoms with E-state index in [0.717, 1.165) is 31.7 Å². The topological polar surface area (TPSA) is 53.3 Å². The molecule has 1 fully saturated rings. The number of hydrogen-bond acceptors (Lipinski definition) is 4. The molecule has 5 nitrogen and oxygen atoms in total. The lowest BCUT2D eigenvalue weighted by Gasteiger charge is -2.32. The fourth-order valence-corrected chi connectivity index (χ4v) is 3.13. The van der Waals surface area contributed by atoms with Crippen LogP contribution in [-0.2, 0) is 13.0 Å². The van der Waals surface area contributed by atoms with E-state index in [1.807, 2.05) is 12.4 Å². The number of nitrogens with one attached hydrogen (secondary N) is 1. The number of anilines is 1. The first kappa shape index (κ1) is 16.0. The number of benzene rings is 1. The first-order valence-electron chi connectivity index (χ1n) is 8.49. The Bertz CT molecular complexity index is 576. The number of aromatic nitrogens is 2. The van der Waals surface area contributed by atoms with Crippen LogP contribution in [0.5, 0.6) is 0 Å². The zero-order chi connectivity index (χ0) is 15.9. The molecule has 0 aliphatic carbocycles. The molecular weight excluding hydrogens is 288 g/mol. The third-order valence-corrected chi connectivity index (χ3v) is 4.48. The lowest BCUT2D eigenvalue weighted by molar-refractivity contribution is 0.221. The first-order valence-corrected chi connectivity index (χ1v) is 8.49. The maximum atomic E-state index is 8.93. The number of likely N-dealkylation sites (tertiary alicyclic amines) is 1. The van der Waals surface area contributed by atoms with Crippen molar-refractivity contribution >= 4 is 5.69 Å². The van der Waals surface area contributed by atoms with Crippen LogP contribution in [0.15, 0.2) is 42.7 Å². The van der Waals surface area contributed by atoms with E-state index in [2.05, 4.69) is 45.6 Å². The Labute approximate surface area is 137 Å². The van der Waals surface area contributed by atoms with Gasteiger partial charge >= 0.3 is 0 Å². The monoisotopic (exact) mass is 314 g/mol. The maximum Gasteiger partial charge on any atom is 0.0728 e. The van der Waals surface area contributed by atoms with E-state index in [-0.39, 0.29) is 6.61 Å². The number of hydrogen-bond donors (Lipinski definition) is 2. The van der Waals surface area contributed by atoms with Gasteiger partial charge in [-0.3, -0.25) is 4.68 Å². The zero-order valence-electron chi connectivity index (χ0n) is 13.6. The van der Waals surface area contributed by atoms with Crippen LogP contribution in [0.25, 0.3) is 0 Å². The number of aliphatic hydroxyl groups is 1. The van der Waals surface area contributed by atoms with Crippen molar-refractivity contribution in [3.63, 3.8) is 0 Å². The minimum absolute atomic E-state index is 0.126. The summed E-state index contributed by atoms with van der Waals surface area (Å²) in [6, 6.07) is 11.2. The Hall–Kier alpha value is -1.85. The van der Waals surface area contributed by atoms with Gasteiger partial charge in [0.25, 0.3) is 0 Å². The van der Waals surface area contributed by atoms with E-state index in [0.29, 0.717) is 12.6 Å². The summed E-state index contributed by atoms with van der Waals surface area (Å²) in [4.78, 5) is 2.56. The Morgan fingerprint density at radius 2 is 1.91 bits per heavy atom. The van der Waals surface area contributed by atoms with Gasteiger partial charge in [-0.1, -0.05) is 30.3 Å². The molecule has 0 radical (unpaired) electrons. The van der Waals surface area contributed by atoms with E-state index < -0.39 is 0 Å². The van der Waals surface area contributed by atoms with Crippen molar-refractivity contribution in [2.75, 3.05) is 31.6 Å². The number of rotatable bonds is 7. The van der Waals surface area contributed by atoms with Crippen LogP contribution in [0, 0.1) is 0 Å². The molecule has 1 aliphatic heterocycles. The Balaban J connectivity index is 1.39. The quantitative estimate of drug-likeness (QED) is 0.821. The van der Waals surface area contributed by atoms with E-state index in [1.54, 1.807) is 4.68 Å². The summed E-state index contributed by atoms with van der Waals surface area (Å²) in [7, 11) is 0. The molecule has 23 heavy (non-hydrogen) atoms.